The molecule has 130 valence electrons. The molecule has 3 rings (SSSR count). The second-order valence-electron chi connectivity index (χ2n) is 6.80. The lowest BCUT2D eigenvalue weighted by Crippen LogP contribution is -2.51. The summed E-state index contributed by atoms with van der Waals surface area (Å²) < 4.78 is 27.6. The zero-order valence-corrected chi connectivity index (χ0v) is 13.5. The SMILES string of the molecule is O=C1C[C@H](C(=O)NC2(c3ccc(F)cc3F)CCCCC2)CCN1. The molecule has 1 aromatic rings. The number of carbonyl (C=O) groups excluding carboxylic acids is 2. The van der Waals surface area contributed by atoms with Crippen molar-refractivity contribution in [3.8, 4) is 0 Å². The molecule has 0 aromatic heterocycles. The molecule has 2 amide bonds. The number of nitrogens with one attached hydrogen (secondary N) is 2. The molecule has 4 nitrogen and oxygen atoms in total. The Balaban J connectivity index is 1.86. The number of halogens is 2. The van der Waals surface area contributed by atoms with Gasteiger partial charge in [0.1, 0.15) is 11.6 Å². The highest BCUT2D eigenvalue weighted by molar-refractivity contribution is 5.87. The zero-order valence-electron chi connectivity index (χ0n) is 13.5. The van der Waals surface area contributed by atoms with Crippen LogP contribution in [0, 0.1) is 17.6 Å². The number of amides is 2. The Labute approximate surface area is 140 Å². The molecule has 2 aliphatic rings. The number of carbonyl (C=O) groups is 2. The van der Waals surface area contributed by atoms with Crippen molar-refractivity contribution in [2.45, 2.75) is 50.5 Å². The van der Waals surface area contributed by atoms with E-state index >= 15 is 0 Å². The molecule has 6 heteroatoms. The summed E-state index contributed by atoms with van der Waals surface area (Å²) in [6.07, 6.45) is 4.78. The topological polar surface area (TPSA) is 58.2 Å². The Morgan fingerprint density at radius 1 is 1.21 bits per heavy atom. The van der Waals surface area contributed by atoms with Crippen LogP contribution in [0.5, 0.6) is 0 Å². The van der Waals surface area contributed by atoms with Crippen LogP contribution < -0.4 is 10.6 Å². The summed E-state index contributed by atoms with van der Waals surface area (Å²) in [6, 6.07) is 3.53. The highest BCUT2D eigenvalue weighted by Gasteiger charge is 2.39. The normalized spacial score (nSPS) is 23.4. The molecule has 1 atom stereocenters. The predicted octanol–water partition coefficient (Wildman–Crippen LogP) is 2.77. The van der Waals surface area contributed by atoms with E-state index < -0.39 is 17.2 Å². The van der Waals surface area contributed by atoms with Crippen molar-refractivity contribution in [2.24, 2.45) is 5.92 Å². The first-order valence-corrected chi connectivity index (χ1v) is 8.54. The van der Waals surface area contributed by atoms with E-state index in [-0.39, 0.29) is 24.2 Å². The highest BCUT2D eigenvalue weighted by Crippen LogP contribution is 2.39. The minimum absolute atomic E-state index is 0.132. The summed E-state index contributed by atoms with van der Waals surface area (Å²) in [5, 5.41) is 5.72. The van der Waals surface area contributed by atoms with E-state index in [0.717, 1.165) is 25.3 Å². The number of benzene rings is 1. The number of rotatable bonds is 3. The Morgan fingerprint density at radius 3 is 2.62 bits per heavy atom. The van der Waals surface area contributed by atoms with Gasteiger partial charge in [0.15, 0.2) is 0 Å². The fraction of sp³-hybridized carbons (Fsp3) is 0.556. The maximum absolute atomic E-state index is 14.4. The third kappa shape index (κ3) is 3.42. The minimum atomic E-state index is -0.805. The van der Waals surface area contributed by atoms with Crippen molar-refractivity contribution >= 4 is 11.8 Å². The molecule has 24 heavy (non-hydrogen) atoms. The van der Waals surface area contributed by atoms with Crippen molar-refractivity contribution in [1.82, 2.24) is 10.6 Å². The quantitative estimate of drug-likeness (QED) is 0.892. The molecule has 1 aliphatic carbocycles. The van der Waals surface area contributed by atoms with E-state index in [1.54, 1.807) is 0 Å². The van der Waals surface area contributed by atoms with E-state index in [2.05, 4.69) is 10.6 Å². The summed E-state index contributed by atoms with van der Waals surface area (Å²) in [7, 11) is 0. The first-order chi connectivity index (χ1) is 11.5. The van der Waals surface area contributed by atoms with Gasteiger partial charge in [-0.1, -0.05) is 25.3 Å². The number of hydrogen-bond donors (Lipinski definition) is 2. The highest BCUT2D eigenvalue weighted by atomic mass is 19.1. The molecule has 1 aromatic carbocycles. The Morgan fingerprint density at radius 2 is 1.96 bits per heavy atom. The summed E-state index contributed by atoms with van der Waals surface area (Å²) in [4.78, 5) is 24.2. The van der Waals surface area contributed by atoms with E-state index in [4.69, 9.17) is 0 Å². The third-order valence-corrected chi connectivity index (χ3v) is 5.13. The second kappa shape index (κ2) is 6.87. The molecule has 1 saturated heterocycles. The van der Waals surface area contributed by atoms with Gasteiger partial charge >= 0.3 is 0 Å². The van der Waals surface area contributed by atoms with Crippen molar-refractivity contribution in [3.05, 3.63) is 35.4 Å². The van der Waals surface area contributed by atoms with Crippen LogP contribution in [0.2, 0.25) is 0 Å². The van der Waals surface area contributed by atoms with Gasteiger partial charge in [0.25, 0.3) is 0 Å². The third-order valence-electron chi connectivity index (χ3n) is 5.13. The lowest BCUT2D eigenvalue weighted by atomic mass is 9.75. The van der Waals surface area contributed by atoms with Crippen LogP contribution in [-0.2, 0) is 15.1 Å². The maximum Gasteiger partial charge on any atom is 0.224 e. The van der Waals surface area contributed by atoms with Crippen LogP contribution in [0.1, 0.15) is 50.5 Å². The van der Waals surface area contributed by atoms with Crippen LogP contribution >= 0.6 is 0 Å². The molecule has 1 heterocycles. The average molecular weight is 336 g/mol. The Hall–Kier alpha value is -1.98. The van der Waals surface area contributed by atoms with Gasteiger partial charge in [0, 0.05) is 30.5 Å². The van der Waals surface area contributed by atoms with Gasteiger partial charge in [-0.25, -0.2) is 8.78 Å². The minimum Gasteiger partial charge on any atom is -0.356 e. The van der Waals surface area contributed by atoms with Crippen LogP contribution in [0.25, 0.3) is 0 Å². The van der Waals surface area contributed by atoms with E-state index in [0.29, 0.717) is 31.4 Å². The van der Waals surface area contributed by atoms with Gasteiger partial charge in [-0.3, -0.25) is 9.59 Å². The monoisotopic (exact) mass is 336 g/mol. The van der Waals surface area contributed by atoms with Crippen LogP contribution in [0.15, 0.2) is 18.2 Å². The van der Waals surface area contributed by atoms with Crippen molar-refractivity contribution in [2.75, 3.05) is 6.54 Å². The van der Waals surface area contributed by atoms with Crippen molar-refractivity contribution in [1.29, 1.82) is 0 Å². The van der Waals surface area contributed by atoms with Gasteiger partial charge in [0.05, 0.1) is 5.54 Å². The largest absolute Gasteiger partial charge is 0.356 e. The summed E-state index contributed by atoms with van der Waals surface area (Å²) in [6.45, 7) is 0.481. The molecule has 0 spiro atoms. The first-order valence-electron chi connectivity index (χ1n) is 8.54. The van der Waals surface area contributed by atoms with Gasteiger partial charge < -0.3 is 10.6 Å². The number of piperidine rings is 1. The standard InChI is InChI=1S/C18H22F2N2O2/c19-13-4-5-14(15(20)11-13)18(7-2-1-3-8-18)22-17(24)12-6-9-21-16(23)10-12/h4-5,11-12H,1-3,6-10H2,(H,21,23)(H,22,24)/t12-/m1/s1. The maximum atomic E-state index is 14.4. The lowest BCUT2D eigenvalue weighted by Gasteiger charge is -2.40. The van der Waals surface area contributed by atoms with Crippen LogP contribution in [0.4, 0.5) is 8.78 Å². The van der Waals surface area contributed by atoms with Crippen LogP contribution in [-0.4, -0.2) is 18.4 Å². The van der Waals surface area contributed by atoms with Gasteiger partial charge in [-0.15, -0.1) is 0 Å². The van der Waals surface area contributed by atoms with Gasteiger partial charge in [-0.05, 0) is 25.3 Å². The smallest absolute Gasteiger partial charge is 0.224 e. The second-order valence-corrected chi connectivity index (χ2v) is 6.80. The molecular formula is C18H22F2N2O2. The average Bonchev–Trinajstić information content (AvgIpc) is 2.55. The molecule has 1 saturated carbocycles. The Kier molecular flexibility index (Phi) is 4.83. The summed E-state index contributed by atoms with van der Waals surface area (Å²) in [5.74, 6) is -1.99. The van der Waals surface area contributed by atoms with E-state index in [9.17, 15) is 18.4 Å². The van der Waals surface area contributed by atoms with E-state index in [1.807, 2.05) is 0 Å². The zero-order chi connectivity index (χ0) is 17.2. The van der Waals surface area contributed by atoms with E-state index in [1.165, 1.54) is 12.1 Å². The molecule has 2 fully saturated rings. The van der Waals surface area contributed by atoms with Gasteiger partial charge in [0.2, 0.25) is 11.8 Å². The fourth-order valence-electron chi connectivity index (χ4n) is 3.84. The summed E-state index contributed by atoms with van der Waals surface area (Å²) in [5.41, 5.74) is -0.460. The fourth-order valence-corrected chi connectivity index (χ4v) is 3.84. The van der Waals surface area contributed by atoms with Crippen molar-refractivity contribution < 1.29 is 18.4 Å². The van der Waals surface area contributed by atoms with Crippen molar-refractivity contribution in [3.63, 3.8) is 0 Å². The molecule has 0 unspecified atom stereocenters. The summed E-state index contributed by atoms with van der Waals surface area (Å²) >= 11 is 0. The molecule has 2 N–H and O–H groups in total. The predicted molar refractivity (Wildman–Crippen MR) is 85.0 cm³/mol. The first kappa shape index (κ1) is 16.9. The lowest BCUT2D eigenvalue weighted by molar-refractivity contribution is -0.134. The van der Waals surface area contributed by atoms with Crippen LogP contribution in [0.3, 0.4) is 0 Å². The molecule has 0 radical (unpaired) electrons. The number of hydrogen-bond acceptors (Lipinski definition) is 2. The molecule has 1 aliphatic heterocycles. The Bertz CT molecular complexity index is 642. The van der Waals surface area contributed by atoms with Gasteiger partial charge in [-0.2, -0.15) is 0 Å². The molecular weight excluding hydrogens is 314 g/mol. The molecule has 0 bridgehead atoms.